The molecule has 0 aliphatic carbocycles. The Bertz CT molecular complexity index is 664. The van der Waals surface area contributed by atoms with Gasteiger partial charge in [-0.15, -0.1) is 0 Å². The van der Waals surface area contributed by atoms with Gasteiger partial charge in [0.2, 0.25) is 0 Å². The highest BCUT2D eigenvalue weighted by Crippen LogP contribution is 2.18. The summed E-state index contributed by atoms with van der Waals surface area (Å²) in [4.78, 5) is 26.5. The van der Waals surface area contributed by atoms with E-state index in [1.165, 1.54) is 0 Å². The first-order valence-corrected chi connectivity index (χ1v) is 7.21. The summed E-state index contributed by atoms with van der Waals surface area (Å²) < 4.78 is 0. The van der Waals surface area contributed by atoms with E-state index in [-0.39, 0.29) is 18.2 Å². The zero-order valence-corrected chi connectivity index (χ0v) is 11.8. The van der Waals surface area contributed by atoms with Gasteiger partial charge < -0.3 is 4.90 Å². The van der Waals surface area contributed by atoms with E-state index >= 15 is 0 Å². The molecule has 3 heteroatoms. The molecule has 2 aromatic rings. The van der Waals surface area contributed by atoms with Gasteiger partial charge in [0.25, 0.3) is 5.91 Å². The minimum Gasteiger partial charge on any atom is -0.331 e. The normalized spacial score (nSPS) is 14.5. The second kappa shape index (κ2) is 5.92. The lowest BCUT2D eigenvalue weighted by Crippen LogP contribution is -2.35. The van der Waals surface area contributed by atoms with Crippen LogP contribution in [0.4, 0.5) is 0 Å². The third-order valence-corrected chi connectivity index (χ3v) is 3.84. The molecule has 0 aromatic heterocycles. The van der Waals surface area contributed by atoms with Gasteiger partial charge in [-0.25, -0.2) is 0 Å². The number of nitrogens with zero attached hydrogens (tertiary/aromatic N) is 1. The topological polar surface area (TPSA) is 37.4 Å². The summed E-state index contributed by atoms with van der Waals surface area (Å²) in [5, 5.41) is 0. The van der Waals surface area contributed by atoms with Gasteiger partial charge in [-0.2, -0.15) is 0 Å². The van der Waals surface area contributed by atoms with Crippen molar-refractivity contribution in [2.24, 2.45) is 0 Å². The van der Waals surface area contributed by atoms with E-state index in [1.807, 2.05) is 42.5 Å². The molecule has 21 heavy (non-hydrogen) atoms. The minimum atomic E-state index is -0.0348. The molecule has 0 N–H and O–H groups in total. The van der Waals surface area contributed by atoms with Crippen LogP contribution in [-0.2, 0) is 6.42 Å². The highest BCUT2D eigenvalue weighted by atomic mass is 16.2. The molecule has 1 amide bonds. The molecule has 1 aliphatic rings. The van der Waals surface area contributed by atoms with Crippen molar-refractivity contribution in [3.8, 4) is 0 Å². The Balaban J connectivity index is 1.80. The van der Waals surface area contributed by atoms with E-state index in [0.717, 1.165) is 24.0 Å². The largest absolute Gasteiger partial charge is 0.331 e. The van der Waals surface area contributed by atoms with Crippen LogP contribution in [0.3, 0.4) is 0 Å². The van der Waals surface area contributed by atoms with Crippen LogP contribution in [0.25, 0.3) is 0 Å². The molecule has 0 unspecified atom stereocenters. The first-order valence-electron chi connectivity index (χ1n) is 7.21. The molecule has 1 heterocycles. The van der Waals surface area contributed by atoms with Crippen LogP contribution in [0, 0.1) is 0 Å². The van der Waals surface area contributed by atoms with Gasteiger partial charge >= 0.3 is 0 Å². The van der Waals surface area contributed by atoms with E-state index in [4.69, 9.17) is 0 Å². The fourth-order valence-corrected chi connectivity index (χ4v) is 2.72. The quantitative estimate of drug-likeness (QED) is 0.810. The molecule has 0 radical (unpaired) electrons. The molecule has 0 saturated carbocycles. The average molecular weight is 279 g/mol. The Labute approximate surface area is 124 Å². The van der Waals surface area contributed by atoms with Gasteiger partial charge in [0, 0.05) is 17.7 Å². The Hall–Kier alpha value is -2.42. The highest BCUT2D eigenvalue weighted by Gasteiger charge is 2.23. The van der Waals surface area contributed by atoms with Crippen LogP contribution >= 0.6 is 0 Å². The average Bonchev–Trinajstić information content (AvgIpc) is 2.69. The molecular weight excluding hydrogens is 262 g/mol. The molecule has 0 atom stereocenters. The van der Waals surface area contributed by atoms with Crippen LogP contribution < -0.4 is 0 Å². The van der Waals surface area contributed by atoms with Gasteiger partial charge in [-0.05, 0) is 24.5 Å². The summed E-state index contributed by atoms with van der Waals surface area (Å²) in [6.45, 7) is 0.781. The summed E-state index contributed by atoms with van der Waals surface area (Å²) in [6, 6.07) is 16.8. The van der Waals surface area contributed by atoms with E-state index in [9.17, 15) is 9.59 Å². The van der Waals surface area contributed by atoms with Gasteiger partial charge in [0.05, 0.1) is 6.54 Å². The van der Waals surface area contributed by atoms with Gasteiger partial charge in [0.1, 0.15) is 0 Å². The molecule has 0 fully saturated rings. The number of amides is 1. The fraction of sp³-hybridized carbons (Fsp3) is 0.222. The monoisotopic (exact) mass is 279 g/mol. The van der Waals surface area contributed by atoms with Crippen molar-refractivity contribution in [3.63, 3.8) is 0 Å². The van der Waals surface area contributed by atoms with Crippen LogP contribution in [0.1, 0.15) is 32.7 Å². The highest BCUT2D eigenvalue weighted by molar-refractivity contribution is 6.02. The van der Waals surface area contributed by atoms with E-state index in [1.54, 1.807) is 17.0 Å². The van der Waals surface area contributed by atoms with E-state index in [0.29, 0.717) is 12.1 Å². The zero-order chi connectivity index (χ0) is 14.7. The van der Waals surface area contributed by atoms with Crippen molar-refractivity contribution < 1.29 is 9.59 Å². The molecule has 0 saturated heterocycles. The summed E-state index contributed by atoms with van der Waals surface area (Å²) in [7, 11) is 0. The van der Waals surface area contributed by atoms with Gasteiger partial charge in [-0.1, -0.05) is 48.5 Å². The molecule has 3 rings (SSSR count). The maximum Gasteiger partial charge on any atom is 0.254 e. The van der Waals surface area contributed by atoms with Crippen molar-refractivity contribution >= 4 is 11.7 Å². The smallest absolute Gasteiger partial charge is 0.254 e. The Kier molecular flexibility index (Phi) is 3.82. The molecule has 0 spiro atoms. The number of Topliss-reactive ketones (excluding diaryl/α,β-unsaturated/α-hetero) is 1. The molecular formula is C18H17NO2. The number of aryl methyl sites for hydroxylation is 1. The Morgan fingerprint density at radius 3 is 2.52 bits per heavy atom. The number of hydrogen-bond donors (Lipinski definition) is 0. The molecule has 1 aliphatic heterocycles. The third-order valence-electron chi connectivity index (χ3n) is 3.84. The van der Waals surface area contributed by atoms with Crippen LogP contribution in [0.2, 0.25) is 0 Å². The molecule has 2 aromatic carbocycles. The van der Waals surface area contributed by atoms with Crippen molar-refractivity contribution in [2.75, 3.05) is 13.1 Å². The summed E-state index contributed by atoms with van der Waals surface area (Å²) in [5.41, 5.74) is 2.47. The number of benzene rings is 2. The molecule has 106 valence electrons. The van der Waals surface area contributed by atoms with Gasteiger partial charge in [-0.3, -0.25) is 9.59 Å². The lowest BCUT2D eigenvalue weighted by Gasteiger charge is -2.20. The van der Waals surface area contributed by atoms with Crippen LogP contribution in [0.15, 0.2) is 54.6 Å². The maximum atomic E-state index is 12.6. The van der Waals surface area contributed by atoms with Crippen LogP contribution in [-0.4, -0.2) is 29.7 Å². The first-order chi connectivity index (χ1) is 10.3. The standard InChI is InChI=1S/C18H17NO2/c20-17(15-8-2-1-3-9-15)13-19-12-6-10-14-7-4-5-11-16(14)18(19)21/h1-5,7-9,11H,6,10,12-13H2. The van der Waals surface area contributed by atoms with Gasteiger partial charge in [0.15, 0.2) is 5.78 Å². The molecule has 0 bridgehead atoms. The summed E-state index contributed by atoms with van der Waals surface area (Å²) in [5.74, 6) is -0.0456. The Morgan fingerprint density at radius 2 is 1.71 bits per heavy atom. The number of hydrogen-bond acceptors (Lipinski definition) is 2. The number of fused-ring (bicyclic) bond motifs is 1. The fourth-order valence-electron chi connectivity index (χ4n) is 2.72. The second-order valence-electron chi connectivity index (χ2n) is 5.28. The number of rotatable bonds is 3. The maximum absolute atomic E-state index is 12.6. The SMILES string of the molecule is O=C(CN1CCCc2ccccc2C1=O)c1ccccc1. The lowest BCUT2D eigenvalue weighted by atomic mass is 10.0. The zero-order valence-electron chi connectivity index (χ0n) is 11.8. The first kappa shape index (κ1) is 13.6. The minimum absolute atomic E-state index is 0.0108. The second-order valence-corrected chi connectivity index (χ2v) is 5.28. The van der Waals surface area contributed by atoms with Crippen molar-refractivity contribution in [1.29, 1.82) is 0 Å². The summed E-state index contributed by atoms with van der Waals surface area (Å²) in [6.07, 6.45) is 1.78. The van der Waals surface area contributed by atoms with Crippen LogP contribution in [0.5, 0.6) is 0 Å². The third kappa shape index (κ3) is 2.87. The number of carbonyl (C=O) groups is 2. The van der Waals surface area contributed by atoms with E-state index < -0.39 is 0 Å². The summed E-state index contributed by atoms with van der Waals surface area (Å²) >= 11 is 0. The van der Waals surface area contributed by atoms with Crippen molar-refractivity contribution in [3.05, 3.63) is 71.3 Å². The van der Waals surface area contributed by atoms with Crippen molar-refractivity contribution in [2.45, 2.75) is 12.8 Å². The molecule has 3 nitrogen and oxygen atoms in total. The number of carbonyl (C=O) groups excluding carboxylic acids is 2. The Morgan fingerprint density at radius 1 is 1.00 bits per heavy atom. The van der Waals surface area contributed by atoms with E-state index in [2.05, 4.69) is 0 Å². The predicted molar refractivity (Wildman–Crippen MR) is 81.4 cm³/mol. The van der Waals surface area contributed by atoms with Crippen molar-refractivity contribution in [1.82, 2.24) is 4.90 Å². The number of ketones is 1. The predicted octanol–water partition coefficient (Wildman–Crippen LogP) is 2.96. The lowest BCUT2D eigenvalue weighted by molar-refractivity contribution is 0.0714.